The first-order valence-electron chi connectivity index (χ1n) is 10.6. The first kappa shape index (κ1) is 19.8. The summed E-state index contributed by atoms with van der Waals surface area (Å²) in [6, 6.07) is 27.0. The molecule has 1 saturated heterocycles. The number of nitrogens with zero attached hydrogens (tertiary/aromatic N) is 1. The second-order valence-corrected chi connectivity index (χ2v) is 9.15. The van der Waals surface area contributed by atoms with E-state index in [1.807, 2.05) is 24.3 Å². The van der Waals surface area contributed by atoms with E-state index in [1.54, 1.807) is 0 Å². The molecule has 31 heavy (non-hydrogen) atoms. The zero-order valence-electron chi connectivity index (χ0n) is 18.3. The van der Waals surface area contributed by atoms with Gasteiger partial charge < -0.3 is 9.31 Å². The van der Waals surface area contributed by atoms with E-state index in [2.05, 4.69) is 82.3 Å². The molecule has 0 unspecified atom stereocenters. The Balaban J connectivity index is 1.72. The van der Waals surface area contributed by atoms with E-state index in [0.29, 0.717) is 5.56 Å². The highest BCUT2D eigenvalue weighted by molar-refractivity contribution is 6.65. The third-order valence-corrected chi connectivity index (χ3v) is 6.80. The molecule has 0 bridgehead atoms. The summed E-state index contributed by atoms with van der Waals surface area (Å²) in [5.74, 6) is 0. The summed E-state index contributed by atoms with van der Waals surface area (Å²) in [5, 5.41) is 13.8. The summed E-state index contributed by atoms with van der Waals surface area (Å²) < 4.78 is 12.7. The fourth-order valence-electron chi connectivity index (χ4n) is 4.36. The topological polar surface area (TPSA) is 42.2 Å². The molecule has 152 valence electrons. The van der Waals surface area contributed by atoms with E-state index in [-0.39, 0.29) is 11.2 Å². The third-order valence-electron chi connectivity index (χ3n) is 6.80. The van der Waals surface area contributed by atoms with Crippen LogP contribution in [0.4, 0.5) is 0 Å². The first-order valence-corrected chi connectivity index (χ1v) is 10.6. The first-order chi connectivity index (χ1) is 14.8. The SMILES string of the molecule is CC1(C)OB(c2ccc(-c3ccc(C#N)c4ccccc34)c3ccccc23)OC1(C)C. The zero-order valence-corrected chi connectivity index (χ0v) is 18.3. The van der Waals surface area contributed by atoms with Gasteiger partial charge in [0.25, 0.3) is 0 Å². The molecule has 1 aliphatic rings. The van der Waals surface area contributed by atoms with Gasteiger partial charge >= 0.3 is 7.12 Å². The standard InChI is InChI=1S/C27H24BNO2/c1-26(2)27(3,4)31-28(30-26)25-16-15-23(21-11-7-8-12-24(21)25)22-14-13-18(17-29)19-9-5-6-10-20(19)22/h5-16H,1-4H3. The lowest BCUT2D eigenvalue weighted by molar-refractivity contribution is 0.00578. The minimum Gasteiger partial charge on any atom is -0.399 e. The Morgan fingerprint density at radius 2 is 1.13 bits per heavy atom. The maximum absolute atomic E-state index is 9.53. The molecule has 1 fully saturated rings. The largest absolute Gasteiger partial charge is 0.495 e. The molecule has 4 heteroatoms. The fourth-order valence-corrected chi connectivity index (χ4v) is 4.36. The summed E-state index contributed by atoms with van der Waals surface area (Å²) in [6.07, 6.45) is 0. The van der Waals surface area contributed by atoms with Crippen LogP contribution in [0.15, 0.2) is 72.8 Å². The Labute approximate surface area is 183 Å². The van der Waals surface area contributed by atoms with Crippen molar-refractivity contribution < 1.29 is 9.31 Å². The molecule has 0 N–H and O–H groups in total. The molecule has 0 saturated carbocycles. The summed E-state index contributed by atoms with van der Waals surface area (Å²) in [4.78, 5) is 0. The van der Waals surface area contributed by atoms with E-state index in [1.165, 1.54) is 0 Å². The Kier molecular flexibility index (Phi) is 4.44. The van der Waals surface area contributed by atoms with Gasteiger partial charge in [-0.15, -0.1) is 0 Å². The van der Waals surface area contributed by atoms with E-state index in [0.717, 1.165) is 38.1 Å². The van der Waals surface area contributed by atoms with Gasteiger partial charge in [0.15, 0.2) is 0 Å². The van der Waals surface area contributed by atoms with Gasteiger partial charge in [-0.3, -0.25) is 0 Å². The van der Waals surface area contributed by atoms with E-state index in [9.17, 15) is 5.26 Å². The maximum atomic E-state index is 9.53. The van der Waals surface area contributed by atoms with Crippen LogP contribution in [0, 0.1) is 11.3 Å². The maximum Gasteiger partial charge on any atom is 0.495 e. The van der Waals surface area contributed by atoms with Gasteiger partial charge in [-0.1, -0.05) is 66.7 Å². The van der Waals surface area contributed by atoms with E-state index in [4.69, 9.17) is 9.31 Å². The van der Waals surface area contributed by atoms with Crippen molar-refractivity contribution in [1.29, 1.82) is 5.26 Å². The molecule has 0 spiro atoms. The molecule has 1 heterocycles. The number of rotatable bonds is 2. The van der Waals surface area contributed by atoms with Crippen LogP contribution in [0.3, 0.4) is 0 Å². The number of hydrogen-bond donors (Lipinski definition) is 0. The van der Waals surface area contributed by atoms with Crippen molar-refractivity contribution in [3.8, 4) is 17.2 Å². The van der Waals surface area contributed by atoms with Crippen molar-refractivity contribution in [1.82, 2.24) is 0 Å². The molecule has 4 aromatic carbocycles. The molecule has 3 nitrogen and oxygen atoms in total. The number of hydrogen-bond acceptors (Lipinski definition) is 3. The summed E-state index contributed by atoms with van der Waals surface area (Å²) in [7, 11) is -0.415. The second kappa shape index (κ2) is 6.95. The van der Waals surface area contributed by atoms with Gasteiger partial charge in [-0.25, -0.2) is 0 Å². The molecule has 5 rings (SSSR count). The van der Waals surface area contributed by atoms with Crippen LogP contribution >= 0.6 is 0 Å². The average Bonchev–Trinajstić information content (AvgIpc) is 2.99. The molecule has 0 amide bonds. The Morgan fingerprint density at radius 3 is 1.71 bits per heavy atom. The Hall–Kier alpha value is -3.13. The van der Waals surface area contributed by atoms with Crippen LogP contribution in [-0.2, 0) is 9.31 Å². The quantitative estimate of drug-likeness (QED) is 0.394. The van der Waals surface area contributed by atoms with Crippen molar-refractivity contribution in [3.63, 3.8) is 0 Å². The van der Waals surface area contributed by atoms with Crippen molar-refractivity contribution in [2.75, 3.05) is 0 Å². The van der Waals surface area contributed by atoms with E-state index < -0.39 is 7.12 Å². The summed E-state index contributed by atoms with van der Waals surface area (Å²) in [5.41, 5.74) is 3.21. The average molecular weight is 405 g/mol. The van der Waals surface area contributed by atoms with Crippen molar-refractivity contribution in [2.45, 2.75) is 38.9 Å². The van der Waals surface area contributed by atoms with E-state index >= 15 is 0 Å². The van der Waals surface area contributed by atoms with Gasteiger partial charge in [0.2, 0.25) is 0 Å². The van der Waals surface area contributed by atoms with Crippen LogP contribution in [0.2, 0.25) is 0 Å². The van der Waals surface area contributed by atoms with Crippen molar-refractivity contribution >= 4 is 34.1 Å². The van der Waals surface area contributed by atoms with Gasteiger partial charge in [0, 0.05) is 5.39 Å². The number of fused-ring (bicyclic) bond motifs is 2. The molecule has 0 radical (unpaired) electrons. The highest BCUT2D eigenvalue weighted by atomic mass is 16.7. The highest BCUT2D eigenvalue weighted by Gasteiger charge is 2.52. The normalized spacial score (nSPS) is 17.2. The number of nitriles is 1. The second-order valence-electron chi connectivity index (χ2n) is 9.15. The molecule has 4 aromatic rings. The molecular weight excluding hydrogens is 381 g/mol. The molecule has 0 atom stereocenters. The van der Waals surface area contributed by atoms with Crippen molar-refractivity contribution in [2.24, 2.45) is 0 Å². The summed E-state index contributed by atoms with van der Waals surface area (Å²) in [6.45, 7) is 8.30. The molecule has 0 aromatic heterocycles. The lowest BCUT2D eigenvalue weighted by Gasteiger charge is -2.32. The number of benzene rings is 4. The van der Waals surface area contributed by atoms with Gasteiger partial charge in [-0.05, 0) is 66.5 Å². The van der Waals surface area contributed by atoms with Crippen molar-refractivity contribution in [3.05, 3.63) is 78.4 Å². The van der Waals surface area contributed by atoms with Crippen LogP contribution in [0.25, 0.3) is 32.7 Å². The van der Waals surface area contributed by atoms with Gasteiger partial charge in [-0.2, -0.15) is 5.26 Å². The van der Waals surface area contributed by atoms with Crippen LogP contribution in [-0.4, -0.2) is 18.3 Å². The van der Waals surface area contributed by atoms with Crippen LogP contribution in [0.5, 0.6) is 0 Å². The predicted octanol–water partition coefficient (Wildman–Crippen LogP) is 5.83. The fraction of sp³-hybridized carbons (Fsp3) is 0.222. The minimum atomic E-state index is -0.415. The van der Waals surface area contributed by atoms with Gasteiger partial charge in [0.05, 0.1) is 22.8 Å². The molecular formula is C27H24BNO2. The predicted molar refractivity (Wildman–Crippen MR) is 127 cm³/mol. The Bertz CT molecular complexity index is 1350. The highest BCUT2D eigenvalue weighted by Crippen LogP contribution is 2.39. The van der Waals surface area contributed by atoms with Crippen LogP contribution in [0.1, 0.15) is 33.3 Å². The molecule has 0 aliphatic carbocycles. The van der Waals surface area contributed by atoms with Crippen LogP contribution < -0.4 is 5.46 Å². The molecule has 1 aliphatic heterocycles. The minimum absolute atomic E-state index is 0.388. The summed E-state index contributed by atoms with van der Waals surface area (Å²) >= 11 is 0. The lowest BCUT2D eigenvalue weighted by atomic mass is 9.75. The zero-order chi connectivity index (χ0) is 21.8. The third kappa shape index (κ3) is 3.05. The lowest BCUT2D eigenvalue weighted by Crippen LogP contribution is -2.41. The smallest absolute Gasteiger partial charge is 0.399 e. The Morgan fingerprint density at radius 1 is 0.645 bits per heavy atom. The van der Waals surface area contributed by atoms with Gasteiger partial charge in [0.1, 0.15) is 0 Å². The monoisotopic (exact) mass is 405 g/mol.